The summed E-state index contributed by atoms with van der Waals surface area (Å²) in [5, 5.41) is 0. The monoisotopic (exact) mass is 256 g/mol. The van der Waals surface area contributed by atoms with Gasteiger partial charge in [-0.25, -0.2) is 0 Å². The molecule has 1 aliphatic rings. The van der Waals surface area contributed by atoms with Crippen LogP contribution < -0.4 is 17.2 Å². The molecule has 1 rings (SSSR count). The SMILES string of the molecule is NC(=O)CN(CC(N)=O)C(=O)C1CCCCC1N. The standard InChI is InChI=1S/C11H20N4O3/c12-8-4-2-1-3-7(8)11(18)15(5-9(13)16)6-10(14)17/h7-8H,1-6,12H2,(H2,13,16)(H2,14,17). The van der Waals surface area contributed by atoms with E-state index in [9.17, 15) is 14.4 Å². The van der Waals surface area contributed by atoms with Crippen LogP contribution in [0.5, 0.6) is 0 Å². The summed E-state index contributed by atoms with van der Waals surface area (Å²) in [5.74, 6) is -2.00. The Morgan fingerprint density at radius 1 is 1.00 bits per heavy atom. The molecule has 1 saturated carbocycles. The average Bonchev–Trinajstić information content (AvgIpc) is 2.26. The van der Waals surface area contributed by atoms with Crippen molar-refractivity contribution < 1.29 is 14.4 Å². The molecule has 0 spiro atoms. The summed E-state index contributed by atoms with van der Waals surface area (Å²) >= 11 is 0. The van der Waals surface area contributed by atoms with E-state index in [4.69, 9.17) is 17.2 Å². The quantitative estimate of drug-likeness (QED) is 0.541. The van der Waals surface area contributed by atoms with E-state index in [1.807, 2.05) is 0 Å². The first-order chi connectivity index (χ1) is 8.41. The first-order valence-corrected chi connectivity index (χ1v) is 6.02. The minimum absolute atomic E-state index is 0.227. The maximum Gasteiger partial charge on any atom is 0.237 e. The van der Waals surface area contributed by atoms with Crippen molar-refractivity contribution in [3.8, 4) is 0 Å². The molecular weight excluding hydrogens is 236 g/mol. The zero-order chi connectivity index (χ0) is 13.7. The molecule has 0 radical (unpaired) electrons. The van der Waals surface area contributed by atoms with Crippen molar-refractivity contribution in [3.05, 3.63) is 0 Å². The number of nitrogens with zero attached hydrogens (tertiary/aromatic N) is 1. The molecule has 2 atom stereocenters. The van der Waals surface area contributed by atoms with Crippen LogP contribution in [0.15, 0.2) is 0 Å². The molecule has 102 valence electrons. The van der Waals surface area contributed by atoms with Crippen molar-refractivity contribution >= 4 is 17.7 Å². The van der Waals surface area contributed by atoms with E-state index in [1.54, 1.807) is 0 Å². The van der Waals surface area contributed by atoms with Gasteiger partial charge in [0.15, 0.2) is 0 Å². The van der Waals surface area contributed by atoms with Crippen LogP contribution in [-0.4, -0.2) is 41.8 Å². The minimum Gasteiger partial charge on any atom is -0.368 e. The van der Waals surface area contributed by atoms with E-state index >= 15 is 0 Å². The van der Waals surface area contributed by atoms with Gasteiger partial charge in [0.2, 0.25) is 17.7 Å². The molecule has 2 unspecified atom stereocenters. The van der Waals surface area contributed by atoms with Crippen LogP contribution in [0.2, 0.25) is 0 Å². The fourth-order valence-corrected chi connectivity index (χ4v) is 2.29. The van der Waals surface area contributed by atoms with Crippen LogP contribution in [0.25, 0.3) is 0 Å². The van der Waals surface area contributed by atoms with Crippen molar-refractivity contribution in [2.45, 2.75) is 31.7 Å². The molecule has 7 heteroatoms. The molecular formula is C11H20N4O3. The average molecular weight is 256 g/mol. The van der Waals surface area contributed by atoms with Gasteiger partial charge in [-0.15, -0.1) is 0 Å². The summed E-state index contributed by atoms with van der Waals surface area (Å²) in [5.41, 5.74) is 16.0. The van der Waals surface area contributed by atoms with Crippen molar-refractivity contribution in [1.29, 1.82) is 0 Å². The highest BCUT2D eigenvalue weighted by Crippen LogP contribution is 2.24. The normalized spacial score (nSPS) is 23.4. The smallest absolute Gasteiger partial charge is 0.237 e. The number of hydrogen-bond acceptors (Lipinski definition) is 4. The van der Waals surface area contributed by atoms with Gasteiger partial charge in [-0.3, -0.25) is 14.4 Å². The molecule has 1 fully saturated rings. The first-order valence-electron chi connectivity index (χ1n) is 6.02. The lowest BCUT2D eigenvalue weighted by atomic mass is 9.84. The molecule has 6 N–H and O–H groups in total. The second kappa shape index (κ2) is 6.34. The topological polar surface area (TPSA) is 133 Å². The van der Waals surface area contributed by atoms with E-state index in [0.717, 1.165) is 24.2 Å². The molecule has 0 aromatic rings. The molecule has 0 bridgehead atoms. The van der Waals surface area contributed by atoms with Gasteiger partial charge in [-0.1, -0.05) is 12.8 Å². The molecule has 18 heavy (non-hydrogen) atoms. The number of carbonyl (C=O) groups excluding carboxylic acids is 3. The molecule has 1 aliphatic carbocycles. The Hall–Kier alpha value is -1.63. The largest absolute Gasteiger partial charge is 0.368 e. The summed E-state index contributed by atoms with van der Waals surface area (Å²) < 4.78 is 0. The molecule has 0 heterocycles. The van der Waals surface area contributed by atoms with Gasteiger partial charge in [0.1, 0.15) is 0 Å². The van der Waals surface area contributed by atoms with Crippen LogP contribution in [0.3, 0.4) is 0 Å². The van der Waals surface area contributed by atoms with E-state index in [-0.39, 0.29) is 31.0 Å². The number of primary amides is 2. The maximum absolute atomic E-state index is 12.2. The van der Waals surface area contributed by atoms with Gasteiger partial charge in [0, 0.05) is 6.04 Å². The predicted octanol–water partition coefficient (Wildman–Crippen LogP) is -1.70. The third-order valence-corrected chi connectivity index (χ3v) is 3.14. The first kappa shape index (κ1) is 14.4. The van der Waals surface area contributed by atoms with Crippen LogP contribution in [0, 0.1) is 5.92 Å². The molecule has 3 amide bonds. The second-order valence-corrected chi connectivity index (χ2v) is 4.68. The number of carbonyl (C=O) groups is 3. The lowest BCUT2D eigenvalue weighted by Crippen LogP contribution is -2.50. The predicted molar refractivity (Wildman–Crippen MR) is 64.9 cm³/mol. The molecule has 7 nitrogen and oxygen atoms in total. The molecule has 0 saturated heterocycles. The number of hydrogen-bond donors (Lipinski definition) is 3. The van der Waals surface area contributed by atoms with Crippen molar-refractivity contribution in [2.24, 2.45) is 23.1 Å². The summed E-state index contributed by atoms with van der Waals surface area (Å²) in [6.45, 7) is -0.601. The Kier molecular flexibility index (Phi) is 5.08. The summed E-state index contributed by atoms with van der Waals surface area (Å²) in [6.07, 6.45) is 3.37. The highest BCUT2D eigenvalue weighted by atomic mass is 16.2. The second-order valence-electron chi connectivity index (χ2n) is 4.68. The lowest BCUT2D eigenvalue weighted by molar-refractivity contribution is -0.142. The van der Waals surface area contributed by atoms with Gasteiger partial charge in [0.25, 0.3) is 0 Å². The molecule has 0 aromatic heterocycles. The fraction of sp³-hybridized carbons (Fsp3) is 0.727. The highest BCUT2D eigenvalue weighted by molar-refractivity contribution is 5.89. The van der Waals surface area contributed by atoms with Gasteiger partial charge < -0.3 is 22.1 Å². The van der Waals surface area contributed by atoms with Gasteiger partial charge in [0.05, 0.1) is 19.0 Å². The number of nitrogens with two attached hydrogens (primary N) is 3. The van der Waals surface area contributed by atoms with Crippen molar-refractivity contribution in [1.82, 2.24) is 4.90 Å². The van der Waals surface area contributed by atoms with Gasteiger partial charge in [-0.05, 0) is 12.8 Å². The Labute approximate surface area is 106 Å². The fourth-order valence-electron chi connectivity index (χ4n) is 2.29. The Balaban J connectivity index is 2.73. The highest BCUT2D eigenvalue weighted by Gasteiger charge is 2.32. The van der Waals surface area contributed by atoms with Crippen LogP contribution in [0.1, 0.15) is 25.7 Å². The summed E-state index contributed by atoms with van der Waals surface area (Å²) in [4.78, 5) is 35.1. The zero-order valence-corrected chi connectivity index (χ0v) is 10.3. The Morgan fingerprint density at radius 2 is 1.50 bits per heavy atom. The Morgan fingerprint density at radius 3 is 1.94 bits per heavy atom. The van der Waals surface area contributed by atoms with Crippen LogP contribution in [-0.2, 0) is 14.4 Å². The van der Waals surface area contributed by atoms with Gasteiger partial charge in [-0.2, -0.15) is 0 Å². The molecule has 0 aliphatic heterocycles. The minimum atomic E-state index is -0.672. The van der Waals surface area contributed by atoms with E-state index in [1.165, 1.54) is 0 Å². The third-order valence-electron chi connectivity index (χ3n) is 3.14. The van der Waals surface area contributed by atoms with Crippen LogP contribution in [0.4, 0.5) is 0 Å². The summed E-state index contributed by atoms with van der Waals surface area (Å²) in [7, 11) is 0. The van der Waals surface area contributed by atoms with E-state index in [0.29, 0.717) is 6.42 Å². The zero-order valence-electron chi connectivity index (χ0n) is 10.3. The summed E-state index contributed by atoms with van der Waals surface area (Å²) in [6, 6.07) is -0.227. The molecule has 0 aromatic carbocycles. The van der Waals surface area contributed by atoms with Crippen molar-refractivity contribution in [3.63, 3.8) is 0 Å². The lowest BCUT2D eigenvalue weighted by Gasteiger charge is -2.31. The van der Waals surface area contributed by atoms with Crippen molar-refractivity contribution in [2.75, 3.05) is 13.1 Å². The Bertz CT molecular complexity index is 329. The number of amides is 3. The van der Waals surface area contributed by atoms with E-state index in [2.05, 4.69) is 0 Å². The van der Waals surface area contributed by atoms with E-state index < -0.39 is 11.8 Å². The van der Waals surface area contributed by atoms with Crippen LogP contribution >= 0.6 is 0 Å². The van der Waals surface area contributed by atoms with Gasteiger partial charge >= 0.3 is 0 Å². The maximum atomic E-state index is 12.2. The number of rotatable bonds is 5. The third kappa shape index (κ3) is 3.99.